The molecular formula is C23H18BrN3O6. The SMILES string of the molecule is COc1cc(C=NNC(=O)Cc2ccc(Br)cc2)ccc1OC(=O)c1ccc([N+](=O)[O-])cc1. The number of amides is 1. The number of hydrogen-bond donors (Lipinski definition) is 1. The summed E-state index contributed by atoms with van der Waals surface area (Å²) in [6.45, 7) is 0. The smallest absolute Gasteiger partial charge is 0.343 e. The number of rotatable bonds is 8. The molecule has 1 amide bonds. The normalized spacial score (nSPS) is 10.6. The number of halogens is 1. The quantitative estimate of drug-likeness (QED) is 0.158. The van der Waals surface area contributed by atoms with E-state index in [-0.39, 0.29) is 35.1 Å². The summed E-state index contributed by atoms with van der Waals surface area (Å²) in [6.07, 6.45) is 1.62. The summed E-state index contributed by atoms with van der Waals surface area (Å²) >= 11 is 3.34. The van der Waals surface area contributed by atoms with Crippen molar-refractivity contribution < 1.29 is 24.0 Å². The minimum atomic E-state index is -0.690. The van der Waals surface area contributed by atoms with Crippen LogP contribution in [0.2, 0.25) is 0 Å². The van der Waals surface area contributed by atoms with Gasteiger partial charge in [-0.2, -0.15) is 5.10 Å². The number of non-ortho nitro benzene ring substituents is 1. The molecule has 0 aromatic heterocycles. The second kappa shape index (κ2) is 11.0. The van der Waals surface area contributed by atoms with Crippen molar-refractivity contribution in [2.24, 2.45) is 5.10 Å². The van der Waals surface area contributed by atoms with Crippen molar-refractivity contribution in [2.75, 3.05) is 7.11 Å². The molecule has 0 unspecified atom stereocenters. The maximum absolute atomic E-state index is 12.3. The number of nitro benzene ring substituents is 1. The van der Waals surface area contributed by atoms with Gasteiger partial charge in [0, 0.05) is 16.6 Å². The zero-order valence-corrected chi connectivity index (χ0v) is 18.9. The standard InChI is InChI=1S/C23H18BrN3O6/c1-32-21-12-16(14-25-26-22(28)13-15-2-7-18(24)8-3-15)4-11-20(21)33-23(29)17-5-9-19(10-6-17)27(30)31/h2-12,14H,13H2,1H3,(H,26,28). The van der Waals surface area contributed by atoms with Crippen LogP contribution in [-0.4, -0.2) is 30.1 Å². The summed E-state index contributed by atoms with van der Waals surface area (Å²) in [7, 11) is 1.42. The lowest BCUT2D eigenvalue weighted by Gasteiger charge is -2.10. The second-order valence-electron chi connectivity index (χ2n) is 6.70. The molecule has 9 nitrogen and oxygen atoms in total. The summed E-state index contributed by atoms with van der Waals surface area (Å²) in [5, 5.41) is 14.7. The Balaban J connectivity index is 1.61. The van der Waals surface area contributed by atoms with E-state index in [4.69, 9.17) is 9.47 Å². The number of hydrogen-bond acceptors (Lipinski definition) is 7. The van der Waals surface area contributed by atoms with E-state index in [0.717, 1.165) is 10.0 Å². The summed E-state index contributed by atoms with van der Waals surface area (Å²) in [6, 6.07) is 17.2. The lowest BCUT2D eigenvalue weighted by Crippen LogP contribution is -2.19. The highest BCUT2D eigenvalue weighted by Gasteiger charge is 2.14. The molecule has 0 heterocycles. The van der Waals surface area contributed by atoms with Crippen LogP contribution in [0.5, 0.6) is 11.5 Å². The molecule has 0 aliphatic carbocycles. The molecule has 33 heavy (non-hydrogen) atoms. The molecule has 0 radical (unpaired) electrons. The Morgan fingerprint density at radius 2 is 1.76 bits per heavy atom. The Morgan fingerprint density at radius 3 is 2.39 bits per heavy atom. The summed E-state index contributed by atoms with van der Waals surface area (Å²) in [5.74, 6) is -0.522. The van der Waals surface area contributed by atoms with Crippen LogP contribution in [0.1, 0.15) is 21.5 Å². The Bertz CT molecular complexity index is 1190. The molecular weight excluding hydrogens is 494 g/mol. The molecule has 0 aliphatic rings. The van der Waals surface area contributed by atoms with Gasteiger partial charge < -0.3 is 9.47 Å². The van der Waals surface area contributed by atoms with E-state index in [1.54, 1.807) is 12.1 Å². The molecule has 10 heteroatoms. The summed E-state index contributed by atoms with van der Waals surface area (Å²) in [5.41, 5.74) is 3.94. The fraction of sp³-hybridized carbons (Fsp3) is 0.0870. The van der Waals surface area contributed by atoms with E-state index in [2.05, 4.69) is 26.5 Å². The van der Waals surface area contributed by atoms with E-state index < -0.39 is 10.9 Å². The number of methoxy groups -OCH3 is 1. The Morgan fingerprint density at radius 1 is 1.06 bits per heavy atom. The van der Waals surface area contributed by atoms with E-state index in [1.165, 1.54) is 43.7 Å². The first-order valence-electron chi connectivity index (χ1n) is 9.56. The van der Waals surface area contributed by atoms with Gasteiger partial charge in [0.05, 0.1) is 30.2 Å². The van der Waals surface area contributed by atoms with Crippen LogP contribution in [0.3, 0.4) is 0 Å². The van der Waals surface area contributed by atoms with Gasteiger partial charge in [-0.25, -0.2) is 10.2 Å². The van der Waals surface area contributed by atoms with Gasteiger partial charge in [-0.1, -0.05) is 28.1 Å². The van der Waals surface area contributed by atoms with Crippen LogP contribution < -0.4 is 14.9 Å². The van der Waals surface area contributed by atoms with Gasteiger partial charge in [-0.15, -0.1) is 0 Å². The van der Waals surface area contributed by atoms with Gasteiger partial charge in [0.25, 0.3) is 5.69 Å². The highest BCUT2D eigenvalue weighted by molar-refractivity contribution is 9.10. The number of nitro groups is 1. The first kappa shape index (κ1) is 23.6. The average Bonchev–Trinajstić information content (AvgIpc) is 2.81. The maximum atomic E-state index is 12.3. The molecule has 168 valence electrons. The van der Waals surface area contributed by atoms with Crippen molar-refractivity contribution in [3.8, 4) is 11.5 Å². The Hall–Kier alpha value is -4.05. The van der Waals surface area contributed by atoms with E-state index in [0.29, 0.717) is 5.56 Å². The lowest BCUT2D eigenvalue weighted by atomic mass is 10.1. The third kappa shape index (κ3) is 6.71. The largest absolute Gasteiger partial charge is 0.493 e. The van der Waals surface area contributed by atoms with E-state index in [1.807, 2.05) is 24.3 Å². The number of benzene rings is 3. The first-order valence-corrected chi connectivity index (χ1v) is 10.4. The monoisotopic (exact) mass is 511 g/mol. The van der Waals surface area contributed by atoms with Gasteiger partial charge >= 0.3 is 5.97 Å². The molecule has 3 aromatic carbocycles. The van der Waals surface area contributed by atoms with Crippen molar-refractivity contribution in [1.29, 1.82) is 0 Å². The maximum Gasteiger partial charge on any atom is 0.343 e. The van der Waals surface area contributed by atoms with Crippen LogP contribution >= 0.6 is 15.9 Å². The fourth-order valence-corrected chi connectivity index (χ4v) is 3.00. The van der Waals surface area contributed by atoms with Gasteiger partial charge in [0.15, 0.2) is 11.5 Å². The number of carbonyl (C=O) groups is 2. The number of ether oxygens (including phenoxy) is 2. The molecule has 0 atom stereocenters. The zero-order chi connectivity index (χ0) is 23.8. The van der Waals surface area contributed by atoms with Gasteiger partial charge in [-0.3, -0.25) is 14.9 Å². The summed E-state index contributed by atoms with van der Waals surface area (Å²) < 4.78 is 11.5. The number of nitrogens with zero attached hydrogens (tertiary/aromatic N) is 2. The molecule has 3 rings (SSSR count). The fourth-order valence-electron chi connectivity index (χ4n) is 2.73. The van der Waals surface area contributed by atoms with E-state index >= 15 is 0 Å². The van der Waals surface area contributed by atoms with E-state index in [9.17, 15) is 19.7 Å². The van der Waals surface area contributed by atoms with Gasteiger partial charge in [0.2, 0.25) is 5.91 Å². The number of nitrogens with one attached hydrogen (secondary N) is 1. The van der Waals surface area contributed by atoms with Crippen LogP contribution in [0.15, 0.2) is 76.3 Å². The Kier molecular flexibility index (Phi) is 7.87. The van der Waals surface area contributed by atoms with Crippen molar-refractivity contribution >= 4 is 39.7 Å². The van der Waals surface area contributed by atoms with Crippen molar-refractivity contribution in [2.45, 2.75) is 6.42 Å². The van der Waals surface area contributed by atoms with Crippen LogP contribution in [0.25, 0.3) is 0 Å². The predicted molar refractivity (Wildman–Crippen MR) is 125 cm³/mol. The second-order valence-corrected chi connectivity index (χ2v) is 7.62. The van der Waals surface area contributed by atoms with Crippen molar-refractivity contribution in [1.82, 2.24) is 5.43 Å². The number of carbonyl (C=O) groups excluding carboxylic acids is 2. The van der Waals surface area contributed by atoms with Gasteiger partial charge in [-0.05, 0) is 53.6 Å². The Labute approximate surface area is 197 Å². The summed E-state index contributed by atoms with van der Waals surface area (Å²) in [4.78, 5) is 34.5. The molecule has 0 bridgehead atoms. The lowest BCUT2D eigenvalue weighted by molar-refractivity contribution is -0.384. The number of esters is 1. The van der Waals surface area contributed by atoms with Crippen molar-refractivity contribution in [3.63, 3.8) is 0 Å². The highest BCUT2D eigenvalue weighted by atomic mass is 79.9. The molecule has 0 fully saturated rings. The molecule has 1 N–H and O–H groups in total. The topological polar surface area (TPSA) is 120 Å². The predicted octanol–water partition coefficient (Wildman–Crippen LogP) is 4.28. The molecule has 0 saturated carbocycles. The highest BCUT2D eigenvalue weighted by Crippen LogP contribution is 2.28. The average molecular weight is 512 g/mol. The van der Waals surface area contributed by atoms with Crippen LogP contribution in [-0.2, 0) is 11.2 Å². The third-order valence-electron chi connectivity index (χ3n) is 4.38. The third-order valence-corrected chi connectivity index (χ3v) is 4.91. The minimum Gasteiger partial charge on any atom is -0.493 e. The zero-order valence-electron chi connectivity index (χ0n) is 17.4. The first-order chi connectivity index (χ1) is 15.9. The van der Waals surface area contributed by atoms with Crippen LogP contribution in [0, 0.1) is 10.1 Å². The van der Waals surface area contributed by atoms with Crippen molar-refractivity contribution in [3.05, 3.63) is 98.0 Å². The molecule has 0 aliphatic heterocycles. The molecule has 0 spiro atoms. The number of hydrazone groups is 1. The molecule has 0 saturated heterocycles. The van der Waals surface area contributed by atoms with Gasteiger partial charge in [0.1, 0.15) is 0 Å². The minimum absolute atomic E-state index is 0.128. The van der Waals surface area contributed by atoms with Crippen LogP contribution in [0.4, 0.5) is 5.69 Å². The molecule has 3 aromatic rings.